The molecular weight excluding hydrogens is 282 g/mol. The van der Waals surface area contributed by atoms with Crippen LogP contribution >= 0.6 is 11.3 Å². The van der Waals surface area contributed by atoms with E-state index < -0.39 is 0 Å². The van der Waals surface area contributed by atoms with Gasteiger partial charge >= 0.3 is 0 Å². The summed E-state index contributed by atoms with van der Waals surface area (Å²) in [7, 11) is 0. The second-order valence-corrected chi connectivity index (χ2v) is 6.19. The van der Waals surface area contributed by atoms with E-state index >= 15 is 0 Å². The molecule has 1 N–H and O–H groups in total. The first-order valence-corrected chi connectivity index (χ1v) is 8.27. The molecule has 110 valence electrons. The van der Waals surface area contributed by atoms with Crippen molar-refractivity contribution in [3.63, 3.8) is 0 Å². The molecule has 4 nitrogen and oxygen atoms in total. The quantitative estimate of drug-likeness (QED) is 0.938. The normalized spacial score (nSPS) is 15.5. The van der Waals surface area contributed by atoms with Crippen LogP contribution in [0.2, 0.25) is 0 Å². The number of hydrogen-bond donors (Lipinski definition) is 1. The summed E-state index contributed by atoms with van der Waals surface area (Å²) < 4.78 is 0. The maximum Gasteiger partial charge on any atom is 0.265 e. The van der Waals surface area contributed by atoms with Crippen LogP contribution < -0.4 is 10.2 Å². The van der Waals surface area contributed by atoms with Gasteiger partial charge in [0.05, 0.1) is 16.8 Å². The molecule has 2 aromatic rings. The Morgan fingerprint density at radius 1 is 1.14 bits per heavy atom. The van der Waals surface area contributed by atoms with Crippen LogP contribution in [0.15, 0.2) is 35.8 Å². The Kier molecular flexibility index (Phi) is 4.50. The average molecular weight is 301 g/mol. The number of carbonyl (C=O) groups is 1. The van der Waals surface area contributed by atoms with Gasteiger partial charge in [0.15, 0.2) is 0 Å². The third-order valence-corrected chi connectivity index (χ3v) is 4.55. The molecule has 3 rings (SSSR count). The summed E-state index contributed by atoms with van der Waals surface area (Å²) in [5.74, 6) is 0.931. The van der Waals surface area contributed by atoms with Gasteiger partial charge in [-0.3, -0.25) is 4.79 Å². The van der Waals surface area contributed by atoms with Gasteiger partial charge in [0.25, 0.3) is 5.91 Å². The van der Waals surface area contributed by atoms with E-state index in [1.165, 1.54) is 37.0 Å². The van der Waals surface area contributed by atoms with Crippen molar-refractivity contribution in [1.82, 2.24) is 4.98 Å². The van der Waals surface area contributed by atoms with E-state index in [1.807, 2.05) is 29.6 Å². The highest BCUT2D eigenvalue weighted by atomic mass is 32.1. The van der Waals surface area contributed by atoms with Crippen molar-refractivity contribution in [1.29, 1.82) is 0 Å². The number of rotatable bonds is 3. The van der Waals surface area contributed by atoms with E-state index in [9.17, 15) is 4.79 Å². The number of nitrogens with one attached hydrogen (secondary N) is 1. The van der Waals surface area contributed by atoms with Crippen LogP contribution in [0.5, 0.6) is 0 Å². The number of pyridine rings is 1. The minimum Gasteiger partial charge on any atom is -0.357 e. The van der Waals surface area contributed by atoms with Crippen molar-refractivity contribution in [2.45, 2.75) is 25.7 Å². The van der Waals surface area contributed by atoms with Gasteiger partial charge in [0, 0.05) is 13.1 Å². The number of amides is 1. The summed E-state index contributed by atoms with van der Waals surface area (Å²) in [6.07, 6.45) is 6.83. The van der Waals surface area contributed by atoms with Crippen LogP contribution in [0.25, 0.3) is 0 Å². The molecule has 21 heavy (non-hydrogen) atoms. The Hall–Kier alpha value is -1.88. The molecule has 1 fully saturated rings. The molecular formula is C16H19N3OS. The van der Waals surface area contributed by atoms with Gasteiger partial charge in [-0.05, 0) is 36.4 Å². The number of hydrogen-bond acceptors (Lipinski definition) is 4. The molecule has 0 unspecified atom stereocenters. The first kappa shape index (κ1) is 14.1. The van der Waals surface area contributed by atoms with Crippen LogP contribution in [0.1, 0.15) is 35.4 Å². The molecule has 5 heteroatoms. The highest BCUT2D eigenvalue weighted by Crippen LogP contribution is 2.19. The van der Waals surface area contributed by atoms with Gasteiger partial charge in [-0.25, -0.2) is 4.98 Å². The Morgan fingerprint density at radius 3 is 2.57 bits per heavy atom. The first-order valence-electron chi connectivity index (χ1n) is 7.39. The predicted molar refractivity (Wildman–Crippen MR) is 87.2 cm³/mol. The SMILES string of the molecule is O=C(Nc1ccc(N2CCCCCC2)nc1)c1cccs1. The van der Waals surface area contributed by atoms with E-state index in [-0.39, 0.29) is 5.91 Å². The molecule has 0 aliphatic carbocycles. The van der Waals surface area contributed by atoms with Gasteiger partial charge in [-0.15, -0.1) is 11.3 Å². The smallest absolute Gasteiger partial charge is 0.265 e. The van der Waals surface area contributed by atoms with Gasteiger partial charge in [0.1, 0.15) is 5.82 Å². The molecule has 0 spiro atoms. The molecule has 0 radical (unpaired) electrons. The number of carbonyl (C=O) groups excluding carboxylic acids is 1. The minimum atomic E-state index is -0.0747. The Labute approximate surface area is 128 Å². The number of thiophene rings is 1. The molecule has 1 aliphatic rings. The van der Waals surface area contributed by atoms with Crippen molar-refractivity contribution in [3.05, 3.63) is 40.7 Å². The number of aromatic nitrogens is 1. The van der Waals surface area contributed by atoms with Gasteiger partial charge in [0.2, 0.25) is 0 Å². The van der Waals surface area contributed by atoms with E-state index in [4.69, 9.17) is 0 Å². The average Bonchev–Trinajstić information content (AvgIpc) is 2.91. The lowest BCUT2D eigenvalue weighted by molar-refractivity contribution is 0.103. The highest BCUT2D eigenvalue weighted by Gasteiger charge is 2.11. The third-order valence-electron chi connectivity index (χ3n) is 3.68. The lowest BCUT2D eigenvalue weighted by Gasteiger charge is -2.21. The fraction of sp³-hybridized carbons (Fsp3) is 0.375. The second kappa shape index (κ2) is 6.72. The second-order valence-electron chi connectivity index (χ2n) is 5.24. The molecule has 0 aromatic carbocycles. The third kappa shape index (κ3) is 3.61. The van der Waals surface area contributed by atoms with Crippen LogP contribution in [-0.2, 0) is 0 Å². The van der Waals surface area contributed by atoms with Crippen molar-refractivity contribution in [2.24, 2.45) is 0 Å². The molecule has 1 aliphatic heterocycles. The molecule has 0 bridgehead atoms. The van der Waals surface area contributed by atoms with E-state index in [0.717, 1.165) is 24.6 Å². The van der Waals surface area contributed by atoms with Crippen molar-refractivity contribution < 1.29 is 4.79 Å². The monoisotopic (exact) mass is 301 g/mol. The predicted octanol–water partition coefficient (Wildman–Crippen LogP) is 3.78. The van der Waals surface area contributed by atoms with Crippen molar-refractivity contribution in [2.75, 3.05) is 23.3 Å². The minimum absolute atomic E-state index is 0.0747. The van der Waals surface area contributed by atoms with Crippen molar-refractivity contribution >= 4 is 28.7 Å². The van der Waals surface area contributed by atoms with Crippen LogP contribution in [0.4, 0.5) is 11.5 Å². The zero-order valence-electron chi connectivity index (χ0n) is 11.9. The summed E-state index contributed by atoms with van der Waals surface area (Å²) in [6.45, 7) is 2.15. The summed E-state index contributed by atoms with van der Waals surface area (Å²) in [5, 5.41) is 4.78. The van der Waals surface area contributed by atoms with Crippen molar-refractivity contribution in [3.8, 4) is 0 Å². The number of anilines is 2. The summed E-state index contributed by atoms with van der Waals surface area (Å²) in [6, 6.07) is 7.62. The van der Waals surface area contributed by atoms with E-state index in [2.05, 4.69) is 15.2 Å². The van der Waals surface area contributed by atoms with Crippen LogP contribution in [0.3, 0.4) is 0 Å². The van der Waals surface area contributed by atoms with Gasteiger partial charge in [-0.1, -0.05) is 18.9 Å². The van der Waals surface area contributed by atoms with Gasteiger partial charge < -0.3 is 10.2 Å². The first-order chi connectivity index (χ1) is 10.3. The zero-order valence-corrected chi connectivity index (χ0v) is 12.7. The molecule has 1 saturated heterocycles. The topological polar surface area (TPSA) is 45.2 Å². The largest absolute Gasteiger partial charge is 0.357 e. The Morgan fingerprint density at radius 2 is 1.95 bits per heavy atom. The lowest BCUT2D eigenvalue weighted by Crippen LogP contribution is -2.24. The standard InChI is InChI=1S/C16H19N3OS/c20-16(14-6-5-11-21-14)18-13-7-8-15(17-12-13)19-9-3-1-2-4-10-19/h5-8,11-12H,1-4,9-10H2,(H,18,20). The summed E-state index contributed by atoms with van der Waals surface area (Å²) >= 11 is 1.44. The Balaban J connectivity index is 1.65. The summed E-state index contributed by atoms with van der Waals surface area (Å²) in [5.41, 5.74) is 0.743. The van der Waals surface area contributed by atoms with E-state index in [1.54, 1.807) is 6.20 Å². The van der Waals surface area contributed by atoms with Crippen LogP contribution in [-0.4, -0.2) is 24.0 Å². The highest BCUT2D eigenvalue weighted by molar-refractivity contribution is 7.12. The maximum absolute atomic E-state index is 12.0. The maximum atomic E-state index is 12.0. The fourth-order valence-corrected chi connectivity index (χ4v) is 3.17. The molecule has 1 amide bonds. The molecule has 2 aromatic heterocycles. The Bertz CT molecular complexity index is 572. The van der Waals surface area contributed by atoms with Gasteiger partial charge in [-0.2, -0.15) is 0 Å². The summed E-state index contributed by atoms with van der Waals surface area (Å²) in [4.78, 5) is 19.5. The molecule has 0 atom stereocenters. The molecule has 3 heterocycles. The number of nitrogens with zero attached hydrogens (tertiary/aromatic N) is 2. The fourth-order valence-electron chi connectivity index (χ4n) is 2.55. The lowest BCUT2D eigenvalue weighted by atomic mass is 10.2. The zero-order chi connectivity index (χ0) is 14.5. The molecule has 0 saturated carbocycles. The van der Waals surface area contributed by atoms with E-state index in [0.29, 0.717) is 4.88 Å². The van der Waals surface area contributed by atoms with Crippen LogP contribution in [0, 0.1) is 0 Å².